The largest absolute Gasteiger partial charge is 0.402 e. The molecule has 0 heterocycles. The van der Waals surface area contributed by atoms with Crippen molar-refractivity contribution in [3.8, 4) is 0 Å². The van der Waals surface area contributed by atoms with Gasteiger partial charge in [0.15, 0.2) is 0 Å². The quantitative estimate of drug-likeness (QED) is 0.684. The van der Waals surface area contributed by atoms with Gasteiger partial charge in [-0.1, -0.05) is 31.6 Å². The zero-order valence-corrected chi connectivity index (χ0v) is 13.3. The predicted molar refractivity (Wildman–Crippen MR) is 84.4 cm³/mol. The van der Waals surface area contributed by atoms with E-state index in [1.54, 1.807) is 5.57 Å². The fraction of sp³-hybridized carbons (Fsp3) is 0.737. The monoisotopic (exact) mass is 285 g/mol. The summed E-state index contributed by atoms with van der Waals surface area (Å²) < 4.78 is 0. The third-order valence-electron chi connectivity index (χ3n) is 7.52. The van der Waals surface area contributed by atoms with Gasteiger partial charge in [-0.15, -0.1) is 0 Å². The predicted octanol–water partition coefficient (Wildman–Crippen LogP) is 3.97. The van der Waals surface area contributed by atoms with E-state index in [9.17, 15) is 4.79 Å². The normalized spacial score (nSPS) is 48.9. The fourth-order valence-electron chi connectivity index (χ4n) is 6.12. The van der Waals surface area contributed by atoms with Gasteiger partial charge >= 0.3 is 0 Å². The Morgan fingerprint density at radius 3 is 2.71 bits per heavy atom. The van der Waals surface area contributed by atoms with Crippen molar-refractivity contribution in [3.05, 3.63) is 23.4 Å². The first-order valence-electron chi connectivity index (χ1n) is 8.62. The molecule has 0 aromatic carbocycles. The second kappa shape index (κ2) is 4.24. The molecule has 0 radical (unpaired) electrons. The second-order valence-corrected chi connectivity index (χ2v) is 8.34. The van der Waals surface area contributed by atoms with Gasteiger partial charge in [0.25, 0.3) is 0 Å². The molecule has 2 heteroatoms. The molecular weight excluding hydrogens is 258 g/mol. The number of carbonyl (C=O) groups excluding carboxylic acids is 1. The first kappa shape index (κ1) is 13.6. The van der Waals surface area contributed by atoms with Crippen LogP contribution in [0, 0.1) is 28.6 Å². The van der Waals surface area contributed by atoms with Crippen LogP contribution in [0.3, 0.4) is 0 Å². The number of allylic oxidation sites excluding steroid dienone is 3. The molecule has 0 amide bonds. The van der Waals surface area contributed by atoms with Gasteiger partial charge in [-0.05, 0) is 55.3 Å². The summed E-state index contributed by atoms with van der Waals surface area (Å²) in [5.41, 5.74) is 9.00. The minimum absolute atomic E-state index is 0.00754. The summed E-state index contributed by atoms with van der Waals surface area (Å²) in [4.78, 5) is 12.4. The minimum Gasteiger partial charge on any atom is -0.402 e. The summed E-state index contributed by atoms with van der Waals surface area (Å²) in [6.07, 6.45) is 12.3. The van der Waals surface area contributed by atoms with Crippen LogP contribution in [0.5, 0.6) is 0 Å². The Hall–Kier alpha value is -1.05. The maximum atomic E-state index is 12.4. The molecule has 4 aliphatic carbocycles. The van der Waals surface area contributed by atoms with E-state index in [1.165, 1.54) is 12.8 Å². The second-order valence-electron chi connectivity index (χ2n) is 8.34. The van der Waals surface area contributed by atoms with Crippen molar-refractivity contribution >= 4 is 5.78 Å². The van der Waals surface area contributed by atoms with E-state index >= 15 is 0 Å². The topological polar surface area (TPSA) is 43.1 Å². The Labute approximate surface area is 127 Å². The fourth-order valence-corrected chi connectivity index (χ4v) is 6.12. The molecule has 4 aliphatic rings. The number of hydrogen-bond acceptors (Lipinski definition) is 2. The van der Waals surface area contributed by atoms with E-state index in [4.69, 9.17) is 5.73 Å². The van der Waals surface area contributed by atoms with Crippen molar-refractivity contribution in [1.29, 1.82) is 0 Å². The van der Waals surface area contributed by atoms with E-state index in [-0.39, 0.29) is 5.41 Å². The van der Waals surface area contributed by atoms with Crippen LogP contribution >= 0.6 is 0 Å². The molecule has 21 heavy (non-hydrogen) atoms. The van der Waals surface area contributed by atoms with Gasteiger partial charge in [0, 0.05) is 24.0 Å². The Balaban J connectivity index is 1.71. The molecule has 4 rings (SSSR count). The lowest BCUT2D eigenvalue weighted by Gasteiger charge is -2.55. The van der Waals surface area contributed by atoms with Crippen LogP contribution in [0.4, 0.5) is 0 Å². The van der Waals surface area contributed by atoms with Gasteiger partial charge in [-0.2, -0.15) is 0 Å². The molecular formula is C19H27NO. The number of rotatable bonds is 0. The molecule has 0 bridgehead atoms. The number of ketones is 1. The molecule has 0 unspecified atom stereocenters. The molecule has 0 spiro atoms. The Kier molecular flexibility index (Phi) is 2.75. The zero-order chi connectivity index (χ0) is 14.8. The first-order chi connectivity index (χ1) is 9.95. The molecule has 2 N–H and O–H groups in total. The van der Waals surface area contributed by atoms with Gasteiger partial charge in [0.2, 0.25) is 0 Å². The zero-order valence-electron chi connectivity index (χ0n) is 13.3. The summed E-state index contributed by atoms with van der Waals surface area (Å²) >= 11 is 0. The van der Waals surface area contributed by atoms with Gasteiger partial charge in [0.1, 0.15) is 5.78 Å². The van der Waals surface area contributed by atoms with Crippen LogP contribution in [0.25, 0.3) is 0 Å². The highest BCUT2D eigenvalue weighted by molar-refractivity contribution is 5.87. The summed E-state index contributed by atoms with van der Waals surface area (Å²) in [5, 5.41) is 0. The SMILES string of the molecule is C[C@]12CC=C(N)CC1=CC[C@@H]1[C@H]2CC[C@]2(C)C(=O)CC[C@@H]12. The van der Waals surface area contributed by atoms with Crippen LogP contribution < -0.4 is 5.73 Å². The summed E-state index contributed by atoms with van der Waals surface area (Å²) in [6.45, 7) is 4.71. The Morgan fingerprint density at radius 2 is 1.90 bits per heavy atom. The van der Waals surface area contributed by atoms with Crippen molar-refractivity contribution < 1.29 is 4.79 Å². The van der Waals surface area contributed by atoms with Crippen molar-refractivity contribution in [1.82, 2.24) is 0 Å². The van der Waals surface area contributed by atoms with Crippen molar-refractivity contribution in [2.45, 2.75) is 58.8 Å². The Morgan fingerprint density at radius 1 is 1.14 bits per heavy atom. The van der Waals surface area contributed by atoms with Gasteiger partial charge in [-0.25, -0.2) is 0 Å². The molecule has 114 valence electrons. The van der Waals surface area contributed by atoms with Gasteiger partial charge in [-0.3, -0.25) is 4.79 Å². The molecule has 0 aromatic rings. The highest BCUT2D eigenvalue weighted by Crippen LogP contribution is 2.63. The van der Waals surface area contributed by atoms with Crippen LogP contribution in [0.2, 0.25) is 0 Å². The number of nitrogens with two attached hydrogens (primary N) is 1. The average Bonchev–Trinajstić information content (AvgIpc) is 2.76. The molecule has 0 aliphatic heterocycles. The molecule has 0 saturated heterocycles. The standard InChI is InChI=1S/C19H27NO/c1-18-9-7-13(20)11-12(18)3-4-14-15-5-6-17(21)19(15,2)10-8-16(14)18/h3,7,14-16H,4-6,8-11,20H2,1-2H3/t14-,15-,16+,18-,19-/m0/s1. The lowest BCUT2D eigenvalue weighted by Crippen LogP contribution is -2.49. The lowest BCUT2D eigenvalue weighted by molar-refractivity contribution is -0.131. The minimum atomic E-state index is -0.00754. The molecule has 5 atom stereocenters. The van der Waals surface area contributed by atoms with Crippen molar-refractivity contribution in [2.75, 3.05) is 0 Å². The van der Waals surface area contributed by atoms with Crippen LogP contribution in [0.15, 0.2) is 23.4 Å². The van der Waals surface area contributed by atoms with E-state index in [1.807, 2.05) is 0 Å². The summed E-state index contributed by atoms with van der Waals surface area (Å²) in [7, 11) is 0. The molecule has 0 aromatic heterocycles. The van der Waals surface area contributed by atoms with Crippen molar-refractivity contribution in [2.24, 2.45) is 34.3 Å². The van der Waals surface area contributed by atoms with Crippen LogP contribution in [-0.4, -0.2) is 5.78 Å². The number of Topliss-reactive ketones (excluding diaryl/α,β-unsaturated/α-hetero) is 1. The number of carbonyl (C=O) groups is 1. The third-order valence-corrected chi connectivity index (χ3v) is 7.52. The van der Waals surface area contributed by atoms with Crippen molar-refractivity contribution in [3.63, 3.8) is 0 Å². The molecule has 2 nitrogen and oxygen atoms in total. The highest BCUT2D eigenvalue weighted by Gasteiger charge is 2.58. The maximum absolute atomic E-state index is 12.4. The number of fused-ring (bicyclic) bond motifs is 5. The third kappa shape index (κ3) is 1.68. The molecule has 2 fully saturated rings. The van der Waals surface area contributed by atoms with E-state index < -0.39 is 0 Å². The van der Waals surface area contributed by atoms with E-state index in [0.29, 0.717) is 17.1 Å². The van der Waals surface area contributed by atoms with Gasteiger partial charge < -0.3 is 5.73 Å². The smallest absolute Gasteiger partial charge is 0.139 e. The first-order valence-corrected chi connectivity index (χ1v) is 8.62. The van der Waals surface area contributed by atoms with E-state index in [2.05, 4.69) is 26.0 Å². The summed E-state index contributed by atoms with van der Waals surface area (Å²) in [6, 6.07) is 0. The summed E-state index contributed by atoms with van der Waals surface area (Å²) in [5.74, 6) is 2.64. The lowest BCUT2D eigenvalue weighted by atomic mass is 9.48. The van der Waals surface area contributed by atoms with E-state index in [0.717, 1.165) is 49.6 Å². The molecule has 2 saturated carbocycles. The average molecular weight is 285 g/mol. The maximum Gasteiger partial charge on any atom is 0.139 e. The highest BCUT2D eigenvalue weighted by atomic mass is 16.1. The van der Waals surface area contributed by atoms with Crippen LogP contribution in [-0.2, 0) is 4.79 Å². The van der Waals surface area contributed by atoms with Crippen LogP contribution in [0.1, 0.15) is 58.8 Å². The Bertz CT molecular complexity index is 560. The number of hydrogen-bond donors (Lipinski definition) is 1. The van der Waals surface area contributed by atoms with Gasteiger partial charge in [0.05, 0.1) is 0 Å².